The molecule has 1 N–H and O–H groups in total. The molecule has 2 aromatic carbocycles. The Morgan fingerprint density at radius 3 is 2.47 bits per heavy atom. The van der Waals surface area contributed by atoms with Gasteiger partial charge in [-0.05, 0) is 68.3 Å². The Morgan fingerprint density at radius 1 is 1.11 bits per heavy atom. The van der Waals surface area contributed by atoms with E-state index in [1.165, 1.54) is 12.1 Å². The van der Waals surface area contributed by atoms with E-state index >= 15 is 0 Å². The second kappa shape index (κ2) is 6.03. The number of nitrogens with one attached hydrogen (secondary N) is 1. The zero-order chi connectivity index (χ0) is 14.0. The van der Waals surface area contributed by atoms with Crippen LogP contribution in [0, 0.1) is 5.82 Å². The van der Waals surface area contributed by atoms with Crippen molar-refractivity contribution >= 4 is 55.1 Å². The van der Waals surface area contributed by atoms with Gasteiger partial charge in [0.2, 0.25) is 0 Å². The number of carbonyl (C=O) groups excluding carboxylic acids is 1. The molecule has 0 aliphatic rings. The van der Waals surface area contributed by atoms with E-state index in [1.807, 2.05) is 0 Å². The van der Waals surface area contributed by atoms with Crippen molar-refractivity contribution in [2.24, 2.45) is 0 Å². The summed E-state index contributed by atoms with van der Waals surface area (Å²) < 4.78 is 14.3. The van der Waals surface area contributed by atoms with Crippen LogP contribution in [0.4, 0.5) is 10.1 Å². The molecule has 1 amide bonds. The molecule has 0 aliphatic carbocycles. The van der Waals surface area contributed by atoms with Crippen LogP contribution < -0.4 is 5.32 Å². The largest absolute Gasteiger partial charge is 0.322 e. The fourth-order valence-corrected chi connectivity index (χ4v) is 2.56. The molecule has 19 heavy (non-hydrogen) atoms. The quantitative estimate of drug-likeness (QED) is 0.723. The van der Waals surface area contributed by atoms with Crippen molar-refractivity contribution in [3.63, 3.8) is 0 Å². The summed E-state index contributed by atoms with van der Waals surface area (Å²) in [5.41, 5.74) is 0.806. The molecule has 0 aromatic heterocycles. The van der Waals surface area contributed by atoms with E-state index < -0.39 is 5.82 Å². The predicted octanol–water partition coefficient (Wildman–Crippen LogP) is 5.26. The van der Waals surface area contributed by atoms with Gasteiger partial charge in [-0.25, -0.2) is 4.39 Å². The normalized spacial score (nSPS) is 10.3. The molecule has 2 rings (SSSR count). The van der Waals surface area contributed by atoms with Crippen LogP contribution >= 0.6 is 43.5 Å². The number of amides is 1. The first kappa shape index (κ1) is 14.5. The minimum Gasteiger partial charge on any atom is -0.322 e. The lowest BCUT2D eigenvalue weighted by molar-refractivity contribution is 0.102. The average molecular weight is 407 g/mol. The Hall–Kier alpha value is -0.910. The second-order valence-electron chi connectivity index (χ2n) is 3.71. The van der Waals surface area contributed by atoms with E-state index in [-0.39, 0.29) is 5.91 Å². The highest BCUT2D eigenvalue weighted by atomic mass is 79.9. The fourth-order valence-electron chi connectivity index (χ4n) is 1.45. The van der Waals surface area contributed by atoms with Crippen molar-refractivity contribution in [3.05, 3.63) is 61.7 Å². The van der Waals surface area contributed by atoms with Gasteiger partial charge in [-0.2, -0.15) is 0 Å². The number of hydrogen-bond donors (Lipinski definition) is 1. The maximum atomic E-state index is 13.3. The minimum atomic E-state index is -0.437. The van der Waals surface area contributed by atoms with E-state index in [9.17, 15) is 9.18 Å². The number of rotatable bonds is 2. The summed E-state index contributed by atoms with van der Waals surface area (Å²) in [4.78, 5) is 12.0. The SMILES string of the molecule is O=C(Nc1ccc(Br)c(F)c1)c1ccc(Cl)cc1Br. The van der Waals surface area contributed by atoms with Crippen molar-refractivity contribution in [1.29, 1.82) is 0 Å². The van der Waals surface area contributed by atoms with Gasteiger partial charge in [-0.15, -0.1) is 0 Å². The van der Waals surface area contributed by atoms with E-state index in [2.05, 4.69) is 37.2 Å². The highest BCUT2D eigenvalue weighted by Crippen LogP contribution is 2.24. The number of anilines is 1. The van der Waals surface area contributed by atoms with Crippen LogP contribution in [0.5, 0.6) is 0 Å². The molecular weight excluding hydrogens is 400 g/mol. The standard InChI is InChI=1S/C13H7Br2ClFNO/c14-10-4-2-8(6-12(10)17)18-13(19)9-3-1-7(16)5-11(9)15/h1-6H,(H,18,19). The summed E-state index contributed by atoms with van der Waals surface area (Å²) in [6, 6.07) is 9.21. The van der Waals surface area contributed by atoms with Gasteiger partial charge in [0.05, 0.1) is 10.0 Å². The van der Waals surface area contributed by atoms with Gasteiger partial charge in [-0.1, -0.05) is 11.6 Å². The van der Waals surface area contributed by atoms with Gasteiger partial charge in [0, 0.05) is 15.2 Å². The molecule has 0 spiro atoms. The molecule has 6 heteroatoms. The maximum absolute atomic E-state index is 13.3. The Balaban J connectivity index is 2.23. The zero-order valence-electron chi connectivity index (χ0n) is 9.38. The van der Waals surface area contributed by atoms with E-state index in [1.54, 1.807) is 24.3 Å². The molecule has 0 saturated heterocycles. The van der Waals surface area contributed by atoms with Gasteiger partial charge >= 0.3 is 0 Å². The van der Waals surface area contributed by atoms with Gasteiger partial charge in [-0.3, -0.25) is 4.79 Å². The molecule has 0 bridgehead atoms. The highest BCUT2D eigenvalue weighted by molar-refractivity contribution is 9.10. The lowest BCUT2D eigenvalue weighted by Crippen LogP contribution is -2.12. The lowest BCUT2D eigenvalue weighted by atomic mass is 10.2. The van der Waals surface area contributed by atoms with Crippen LogP contribution in [0.2, 0.25) is 5.02 Å². The monoisotopic (exact) mass is 405 g/mol. The molecule has 0 fully saturated rings. The average Bonchev–Trinajstić information content (AvgIpc) is 2.33. The van der Waals surface area contributed by atoms with Crippen LogP contribution in [0.1, 0.15) is 10.4 Å². The summed E-state index contributed by atoms with van der Waals surface area (Å²) in [5, 5.41) is 3.14. The summed E-state index contributed by atoms with van der Waals surface area (Å²) in [6.45, 7) is 0. The molecule has 0 radical (unpaired) electrons. The zero-order valence-corrected chi connectivity index (χ0v) is 13.3. The van der Waals surface area contributed by atoms with Gasteiger partial charge in [0.15, 0.2) is 0 Å². The van der Waals surface area contributed by atoms with E-state index in [0.717, 1.165) is 0 Å². The third-order valence-corrected chi connectivity index (χ3v) is 3.89. The van der Waals surface area contributed by atoms with Crippen LogP contribution in [-0.4, -0.2) is 5.91 Å². The number of halogens is 4. The van der Waals surface area contributed by atoms with Gasteiger partial charge in [0.1, 0.15) is 5.82 Å². The van der Waals surface area contributed by atoms with E-state index in [0.29, 0.717) is 25.2 Å². The minimum absolute atomic E-state index is 0.342. The molecule has 0 saturated carbocycles. The van der Waals surface area contributed by atoms with Gasteiger partial charge in [0.25, 0.3) is 5.91 Å². The molecule has 2 aromatic rings. The first-order valence-corrected chi connectivity index (χ1v) is 7.15. The summed E-state index contributed by atoms with van der Waals surface area (Å²) in [5.74, 6) is -0.779. The highest BCUT2D eigenvalue weighted by Gasteiger charge is 2.11. The summed E-state index contributed by atoms with van der Waals surface area (Å²) in [7, 11) is 0. The van der Waals surface area contributed by atoms with Crippen molar-refractivity contribution < 1.29 is 9.18 Å². The molecule has 0 atom stereocenters. The molecule has 0 heterocycles. The lowest BCUT2D eigenvalue weighted by Gasteiger charge is -2.07. The number of carbonyl (C=O) groups is 1. The summed E-state index contributed by atoms with van der Waals surface area (Å²) >= 11 is 12.1. The van der Waals surface area contributed by atoms with Crippen molar-refractivity contribution in [3.8, 4) is 0 Å². The summed E-state index contributed by atoms with van der Waals surface area (Å²) in [6.07, 6.45) is 0. The van der Waals surface area contributed by atoms with Crippen molar-refractivity contribution in [1.82, 2.24) is 0 Å². The molecule has 0 aliphatic heterocycles. The Morgan fingerprint density at radius 2 is 1.84 bits per heavy atom. The third-order valence-electron chi connectivity index (χ3n) is 2.35. The first-order chi connectivity index (χ1) is 8.97. The molecular formula is C13H7Br2ClFNO. The third kappa shape index (κ3) is 3.55. The van der Waals surface area contributed by atoms with Crippen molar-refractivity contribution in [2.75, 3.05) is 5.32 Å². The van der Waals surface area contributed by atoms with Crippen LogP contribution in [0.25, 0.3) is 0 Å². The Kier molecular flexibility index (Phi) is 4.60. The molecule has 0 unspecified atom stereocenters. The fraction of sp³-hybridized carbons (Fsp3) is 0. The van der Waals surface area contributed by atoms with Crippen LogP contribution in [-0.2, 0) is 0 Å². The first-order valence-electron chi connectivity index (χ1n) is 5.19. The Labute approximate surface area is 131 Å². The second-order valence-corrected chi connectivity index (χ2v) is 5.85. The van der Waals surface area contributed by atoms with Crippen molar-refractivity contribution in [2.45, 2.75) is 0 Å². The Bertz CT molecular complexity index is 649. The number of hydrogen-bond acceptors (Lipinski definition) is 1. The molecule has 2 nitrogen and oxygen atoms in total. The topological polar surface area (TPSA) is 29.1 Å². The smallest absolute Gasteiger partial charge is 0.256 e. The number of benzene rings is 2. The molecule has 98 valence electrons. The van der Waals surface area contributed by atoms with Crippen LogP contribution in [0.3, 0.4) is 0 Å². The van der Waals surface area contributed by atoms with Crippen LogP contribution in [0.15, 0.2) is 45.3 Å². The predicted molar refractivity (Wildman–Crippen MR) is 81.2 cm³/mol. The van der Waals surface area contributed by atoms with E-state index in [4.69, 9.17) is 11.6 Å². The maximum Gasteiger partial charge on any atom is 0.256 e. The van der Waals surface area contributed by atoms with Gasteiger partial charge < -0.3 is 5.32 Å².